The molecule has 23 heavy (non-hydrogen) atoms. The lowest BCUT2D eigenvalue weighted by Gasteiger charge is -2.40. The van der Waals surface area contributed by atoms with Gasteiger partial charge in [0, 0.05) is 35.7 Å². The van der Waals surface area contributed by atoms with Crippen molar-refractivity contribution < 1.29 is 9.64 Å². The van der Waals surface area contributed by atoms with Gasteiger partial charge in [-0.2, -0.15) is 0 Å². The maximum atomic E-state index is 12.1. The molecule has 0 saturated carbocycles. The second-order valence-electron chi connectivity index (χ2n) is 6.88. The third kappa shape index (κ3) is 2.79. The molecule has 120 valence electrons. The lowest BCUT2D eigenvalue weighted by Crippen LogP contribution is -3.13. The zero-order chi connectivity index (χ0) is 15.8. The maximum absolute atomic E-state index is 12.1. The van der Waals surface area contributed by atoms with Crippen LogP contribution in [0.4, 0.5) is 0 Å². The molecule has 1 aromatic heterocycles. The Morgan fingerprint density at radius 1 is 1.17 bits per heavy atom. The molecular weight excluding hydrogens is 288 g/mol. The predicted molar refractivity (Wildman–Crippen MR) is 88.9 cm³/mol. The van der Waals surface area contributed by atoms with Crippen LogP contribution in [-0.2, 0) is 13.1 Å². The quantitative estimate of drug-likeness (QED) is 0.920. The molecule has 1 N–H and O–H groups in total. The fraction of sp³-hybridized carbons (Fsp3) is 0.421. The summed E-state index contributed by atoms with van der Waals surface area (Å²) in [5.74, 6) is 2.05. The van der Waals surface area contributed by atoms with Crippen LogP contribution in [0.3, 0.4) is 0 Å². The molecule has 1 saturated heterocycles. The van der Waals surface area contributed by atoms with Crippen molar-refractivity contribution in [3.63, 3.8) is 0 Å². The molecule has 1 fully saturated rings. The molecule has 4 rings (SSSR count). The smallest absolute Gasteiger partial charge is 0.250 e. The van der Waals surface area contributed by atoms with Gasteiger partial charge >= 0.3 is 0 Å². The number of hydrogen-bond donors (Lipinski definition) is 1. The molecule has 0 spiro atoms. The third-order valence-electron chi connectivity index (χ3n) is 5.29. The van der Waals surface area contributed by atoms with Gasteiger partial charge in [0.15, 0.2) is 0 Å². The molecule has 1 aromatic carbocycles. The van der Waals surface area contributed by atoms with Crippen LogP contribution in [0.1, 0.15) is 23.6 Å². The minimum absolute atomic E-state index is 0.163. The number of quaternary nitrogens is 1. The summed E-state index contributed by atoms with van der Waals surface area (Å²) < 4.78 is 7.23. The van der Waals surface area contributed by atoms with Crippen molar-refractivity contribution in [1.29, 1.82) is 0 Å². The highest BCUT2D eigenvalue weighted by Crippen LogP contribution is 2.30. The van der Waals surface area contributed by atoms with Crippen LogP contribution in [0, 0.1) is 5.92 Å². The van der Waals surface area contributed by atoms with E-state index in [1.54, 1.807) is 18.1 Å². The summed E-state index contributed by atoms with van der Waals surface area (Å²) in [6.07, 6.45) is 1.23. The average molecular weight is 311 g/mol. The van der Waals surface area contributed by atoms with E-state index in [-0.39, 0.29) is 5.56 Å². The highest BCUT2D eigenvalue weighted by molar-refractivity contribution is 5.26. The van der Waals surface area contributed by atoms with Gasteiger partial charge in [-0.15, -0.1) is 0 Å². The maximum Gasteiger partial charge on any atom is 0.250 e. The van der Waals surface area contributed by atoms with Gasteiger partial charge in [0.05, 0.1) is 20.2 Å². The van der Waals surface area contributed by atoms with Crippen molar-refractivity contribution in [2.75, 3.05) is 20.2 Å². The fourth-order valence-corrected chi connectivity index (χ4v) is 4.30. The average Bonchev–Trinajstić information content (AvgIpc) is 2.57. The van der Waals surface area contributed by atoms with Crippen molar-refractivity contribution in [2.24, 2.45) is 5.92 Å². The first-order valence-corrected chi connectivity index (χ1v) is 8.39. The Bertz CT molecular complexity index is 751. The minimum atomic E-state index is 0.163. The first-order chi connectivity index (χ1) is 11.2. The zero-order valence-corrected chi connectivity index (χ0v) is 13.5. The van der Waals surface area contributed by atoms with Gasteiger partial charge in [-0.1, -0.05) is 6.07 Å². The highest BCUT2D eigenvalue weighted by Gasteiger charge is 2.36. The summed E-state index contributed by atoms with van der Waals surface area (Å²) in [5.41, 5.74) is 2.75. The molecule has 2 aliphatic rings. The first kappa shape index (κ1) is 14.5. The van der Waals surface area contributed by atoms with Gasteiger partial charge in [-0.25, -0.2) is 0 Å². The molecule has 1 unspecified atom stereocenters. The Labute approximate surface area is 136 Å². The second-order valence-corrected chi connectivity index (χ2v) is 6.88. The molecule has 0 amide bonds. The van der Waals surface area contributed by atoms with Crippen molar-refractivity contribution in [2.45, 2.75) is 25.4 Å². The molecule has 3 atom stereocenters. The molecule has 2 bridgehead atoms. The number of likely N-dealkylation sites (tertiary alicyclic amines) is 1. The van der Waals surface area contributed by atoms with Gasteiger partial charge in [0.2, 0.25) is 0 Å². The molecule has 0 radical (unpaired) electrons. The summed E-state index contributed by atoms with van der Waals surface area (Å²) in [5, 5.41) is 0. The van der Waals surface area contributed by atoms with E-state index in [1.165, 1.54) is 17.7 Å². The Kier molecular flexibility index (Phi) is 3.69. The molecule has 2 aliphatic heterocycles. The number of pyridine rings is 1. The summed E-state index contributed by atoms with van der Waals surface area (Å²) in [6, 6.07) is 14.1. The summed E-state index contributed by atoms with van der Waals surface area (Å²) in [4.78, 5) is 13.7. The molecule has 4 heteroatoms. The number of nitrogens with zero attached hydrogens (tertiary/aromatic N) is 1. The fourth-order valence-electron chi connectivity index (χ4n) is 4.30. The zero-order valence-electron chi connectivity index (χ0n) is 13.5. The van der Waals surface area contributed by atoms with E-state index in [0.29, 0.717) is 11.8 Å². The topological polar surface area (TPSA) is 35.7 Å². The number of nitrogens with one attached hydrogen (secondary N) is 1. The Morgan fingerprint density at radius 3 is 2.78 bits per heavy atom. The van der Waals surface area contributed by atoms with Crippen LogP contribution < -0.4 is 15.2 Å². The van der Waals surface area contributed by atoms with E-state index in [9.17, 15) is 4.79 Å². The highest BCUT2D eigenvalue weighted by atomic mass is 16.5. The van der Waals surface area contributed by atoms with Crippen molar-refractivity contribution in [3.8, 4) is 5.75 Å². The minimum Gasteiger partial charge on any atom is -0.497 e. The van der Waals surface area contributed by atoms with E-state index in [0.717, 1.165) is 31.9 Å². The van der Waals surface area contributed by atoms with E-state index < -0.39 is 0 Å². The van der Waals surface area contributed by atoms with Crippen LogP contribution in [0.25, 0.3) is 0 Å². The number of hydrogen-bond acceptors (Lipinski definition) is 2. The number of piperidine rings is 1. The van der Waals surface area contributed by atoms with E-state index >= 15 is 0 Å². The summed E-state index contributed by atoms with van der Waals surface area (Å²) in [6.45, 7) is 4.21. The van der Waals surface area contributed by atoms with E-state index in [1.807, 2.05) is 22.8 Å². The number of ether oxygens (including phenoxy) is 1. The van der Waals surface area contributed by atoms with Gasteiger partial charge < -0.3 is 14.2 Å². The number of rotatable bonds is 3. The lowest BCUT2D eigenvalue weighted by molar-refractivity contribution is -0.924. The number of benzene rings is 1. The number of fused-ring (bicyclic) bond motifs is 4. The molecular formula is C19H23N2O2+. The summed E-state index contributed by atoms with van der Waals surface area (Å²) in [7, 11) is 1.70. The summed E-state index contributed by atoms with van der Waals surface area (Å²) >= 11 is 0. The van der Waals surface area contributed by atoms with Gasteiger partial charge in [0.25, 0.3) is 5.56 Å². The van der Waals surface area contributed by atoms with E-state index in [2.05, 4.69) is 18.2 Å². The Hall–Kier alpha value is -2.07. The van der Waals surface area contributed by atoms with Crippen LogP contribution >= 0.6 is 0 Å². The SMILES string of the molecule is COc1ccc(C[NH+]2C[C@H]3C[C@@H](C2)c2cccc(=O)n2C3)cc1. The van der Waals surface area contributed by atoms with Crippen molar-refractivity contribution in [3.05, 3.63) is 64.1 Å². The second kappa shape index (κ2) is 5.85. The van der Waals surface area contributed by atoms with Crippen molar-refractivity contribution in [1.82, 2.24) is 4.57 Å². The largest absolute Gasteiger partial charge is 0.497 e. The monoisotopic (exact) mass is 311 g/mol. The number of aromatic nitrogens is 1. The van der Waals surface area contributed by atoms with Gasteiger partial charge in [-0.3, -0.25) is 4.79 Å². The number of methoxy groups -OCH3 is 1. The molecule has 4 nitrogen and oxygen atoms in total. The van der Waals surface area contributed by atoms with Gasteiger partial charge in [-0.05, 0) is 36.8 Å². The predicted octanol–water partition coefficient (Wildman–Crippen LogP) is 1.06. The standard InChI is InChI=1S/C19H22N2O2/c1-23-17-7-5-14(6-8-17)10-20-11-15-9-16(13-20)18-3-2-4-19(22)21(18)12-15/h2-8,15-16H,9-13H2,1H3/p+1/t15-,16+/m1/s1. The molecule has 3 heterocycles. The van der Waals surface area contributed by atoms with Crippen LogP contribution in [0.15, 0.2) is 47.3 Å². The lowest BCUT2D eigenvalue weighted by atomic mass is 9.83. The Balaban J connectivity index is 1.52. The molecule has 2 aromatic rings. The van der Waals surface area contributed by atoms with Crippen LogP contribution in [0.5, 0.6) is 5.75 Å². The first-order valence-electron chi connectivity index (χ1n) is 8.39. The van der Waals surface area contributed by atoms with Crippen LogP contribution in [-0.4, -0.2) is 24.8 Å². The van der Waals surface area contributed by atoms with Crippen LogP contribution in [0.2, 0.25) is 0 Å². The Morgan fingerprint density at radius 2 is 2.00 bits per heavy atom. The molecule has 0 aliphatic carbocycles. The normalized spacial score (nSPS) is 25.7. The van der Waals surface area contributed by atoms with E-state index in [4.69, 9.17) is 4.74 Å². The van der Waals surface area contributed by atoms with Crippen molar-refractivity contribution >= 4 is 0 Å². The van der Waals surface area contributed by atoms with Gasteiger partial charge in [0.1, 0.15) is 12.3 Å². The third-order valence-corrected chi connectivity index (χ3v) is 5.29.